The van der Waals surface area contributed by atoms with E-state index < -0.39 is 0 Å². The van der Waals surface area contributed by atoms with Crippen LogP contribution in [-0.4, -0.2) is 38.3 Å². The number of aliphatic hydroxyl groups excluding tert-OH is 1. The van der Waals surface area contributed by atoms with Gasteiger partial charge in [-0.1, -0.05) is 11.8 Å². The Kier molecular flexibility index (Phi) is 8.97. The average molecular weight is 294 g/mol. The minimum atomic E-state index is 0.101. The normalized spacial score (nSPS) is 9.95. The summed E-state index contributed by atoms with van der Waals surface area (Å²) < 4.78 is 10.3. The highest BCUT2D eigenvalue weighted by molar-refractivity contribution is 7.98. The molecule has 3 nitrogen and oxygen atoms in total. The summed E-state index contributed by atoms with van der Waals surface area (Å²) in [4.78, 5) is 0. The fourth-order valence-electron chi connectivity index (χ4n) is 1.64. The number of aliphatic hydroxyl groups is 1. The number of thioether (sulfide) groups is 1. The molecule has 0 unspecified atom stereocenters. The van der Waals surface area contributed by atoms with E-state index in [-0.39, 0.29) is 6.61 Å². The van der Waals surface area contributed by atoms with E-state index >= 15 is 0 Å². The number of hydrogen-bond donors (Lipinski definition) is 1. The molecular weight excluding hydrogens is 272 g/mol. The van der Waals surface area contributed by atoms with E-state index in [4.69, 9.17) is 14.6 Å². The third kappa shape index (κ3) is 6.33. The zero-order valence-corrected chi connectivity index (χ0v) is 13.0. The molecule has 0 aliphatic heterocycles. The molecule has 4 heteroatoms. The van der Waals surface area contributed by atoms with Gasteiger partial charge in [0.1, 0.15) is 5.75 Å². The van der Waals surface area contributed by atoms with E-state index in [1.165, 1.54) is 5.56 Å². The molecule has 0 aromatic heterocycles. The van der Waals surface area contributed by atoms with E-state index in [1.54, 1.807) is 14.2 Å². The average Bonchev–Trinajstić information content (AvgIpc) is 2.48. The lowest BCUT2D eigenvalue weighted by Crippen LogP contribution is -1.94. The van der Waals surface area contributed by atoms with Gasteiger partial charge in [0.05, 0.1) is 13.7 Å². The molecule has 0 fully saturated rings. The van der Waals surface area contributed by atoms with E-state index in [9.17, 15) is 0 Å². The lowest BCUT2D eigenvalue weighted by Gasteiger charge is -2.07. The number of benzene rings is 1. The molecule has 0 saturated heterocycles. The standard InChI is InChI=1S/C16H22O3S/c1-18-10-5-11-20-13-15-12-16(19-2)8-7-14(15)6-3-4-9-17/h7-8,12,17H,4-5,9-11,13H2,1-2H3. The van der Waals surface area contributed by atoms with Crippen molar-refractivity contribution in [2.24, 2.45) is 0 Å². The third-order valence-corrected chi connectivity index (χ3v) is 3.76. The molecular formula is C16H22O3S. The first-order chi connectivity index (χ1) is 9.81. The topological polar surface area (TPSA) is 38.7 Å². The molecule has 0 radical (unpaired) electrons. The highest BCUT2D eigenvalue weighted by Crippen LogP contribution is 2.22. The van der Waals surface area contributed by atoms with Crippen molar-refractivity contribution >= 4 is 11.8 Å². The van der Waals surface area contributed by atoms with Gasteiger partial charge in [0.2, 0.25) is 0 Å². The molecule has 0 atom stereocenters. The van der Waals surface area contributed by atoms with Crippen molar-refractivity contribution in [2.45, 2.75) is 18.6 Å². The van der Waals surface area contributed by atoms with Crippen LogP contribution >= 0.6 is 11.8 Å². The van der Waals surface area contributed by atoms with Gasteiger partial charge in [-0.05, 0) is 35.9 Å². The fourth-order valence-corrected chi connectivity index (χ4v) is 2.56. The van der Waals surface area contributed by atoms with Crippen molar-refractivity contribution in [3.63, 3.8) is 0 Å². The second-order valence-electron chi connectivity index (χ2n) is 4.20. The van der Waals surface area contributed by atoms with Gasteiger partial charge in [-0.3, -0.25) is 0 Å². The van der Waals surface area contributed by atoms with Gasteiger partial charge in [-0.25, -0.2) is 0 Å². The summed E-state index contributed by atoms with van der Waals surface area (Å²) in [7, 11) is 3.39. The first kappa shape index (κ1) is 16.9. The molecule has 20 heavy (non-hydrogen) atoms. The first-order valence-electron chi connectivity index (χ1n) is 6.65. The Balaban J connectivity index is 2.66. The molecule has 0 spiro atoms. The van der Waals surface area contributed by atoms with Gasteiger partial charge >= 0.3 is 0 Å². The van der Waals surface area contributed by atoms with Crippen LogP contribution in [0.25, 0.3) is 0 Å². The predicted molar refractivity (Wildman–Crippen MR) is 84.2 cm³/mol. The van der Waals surface area contributed by atoms with E-state index in [0.717, 1.165) is 35.8 Å². The Hall–Kier alpha value is -1.15. The Morgan fingerprint density at radius 2 is 2.15 bits per heavy atom. The Morgan fingerprint density at radius 1 is 1.30 bits per heavy atom. The Labute approximate surface area is 125 Å². The molecule has 1 aromatic rings. The summed E-state index contributed by atoms with van der Waals surface area (Å²) in [5.41, 5.74) is 2.19. The molecule has 0 amide bonds. The van der Waals surface area contributed by atoms with Crippen LogP contribution in [0.5, 0.6) is 5.75 Å². The van der Waals surface area contributed by atoms with Crippen LogP contribution in [0, 0.1) is 11.8 Å². The monoisotopic (exact) mass is 294 g/mol. The maximum Gasteiger partial charge on any atom is 0.119 e. The molecule has 1 aromatic carbocycles. The lowest BCUT2D eigenvalue weighted by molar-refractivity contribution is 0.200. The van der Waals surface area contributed by atoms with Crippen LogP contribution in [0.2, 0.25) is 0 Å². The van der Waals surface area contributed by atoms with Crippen molar-refractivity contribution in [3.8, 4) is 17.6 Å². The maximum absolute atomic E-state index is 8.78. The molecule has 1 N–H and O–H groups in total. The maximum atomic E-state index is 8.78. The van der Waals surface area contributed by atoms with Gasteiger partial charge < -0.3 is 14.6 Å². The fraction of sp³-hybridized carbons (Fsp3) is 0.500. The van der Waals surface area contributed by atoms with Gasteiger partial charge in [0, 0.05) is 31.5 Å². The zero-order chi connectivity index (χ0) is 14.6. The second-order valence-corrected chi connectivity index (χ2v) is 5.30. The third-order valence-electron chi connectivity index (χ3n) is 2.67. The van der Waals surface area contributed by atoms with Gasteiger partial charge in [0.15, 0.2) is 0 Å². The second kappa shape index (κ2) is 10.6. The van der Waals surface area contributed by atoms with Gasteiger partial charge in [-0.2, -0.15) is 11.8 Å². The number of ether oxygens (including phenoxy) is 2. The highest BCUT2D eigenvalue weighted by Gasteiger charge is 2.03. The summed E-state index contributed by atoms with van der Waals surface area (Å²) in [6, 6.07) is 5.93. The van der Waals surface area contributed by atoms with Crippen LogP contribution in [0.15, 0.2) is 18.2 Å². The molecule has 0 heterocycles. The Morgan fingerprint density at radius 3 is 2.85 bits per heavy atom. The van der Waals surface area contributed by atoms with Gasteiger partial charge in [0.25, 0.3) is 0 Å². The van der Waals surface area contributed by atoms with Crippen LogP contribution in [-0.2, 0) is 10.5 Å². The summed E-state index contributed by atoms with van der Waals surface area (Å²) in [6.45, 7) is 0.901. The van der Waals surface area contributed by atoms with Crippen molar-refractivity contribution in [2.75, 3.05) is 33.2 Å². The zero-order valence-electron chi connectivity index (χ0n) is 12.1. The SMILES string of the molecule is COCCCSCc1cc(OC)ccc1C#CCCO. The smallest absolute Gasteiger partial charge is 0.119 e. The molecule has 0 aliphatic carbocycles. The first-order valence-corrected chi connectivity index (χ1v) is 7.80. The largest absolute Gasteiger partial charge is 0.497 e. The number of hydrogen-bond acceptors (Lipinski definition) is 4. The van der Waals surface area contributed by atoms with Gasteiger partial charge in [-0.15, -0.1) is 0 Å². The lowest BCUT2D eigenvalue weighted by atomic mass is 10.1. The van der Waals surface area contributed by atoms with Crippen LogP contribution in [0.1, 0.15) is 24.0 Å². The summed E-state index contributed by atoms with van der Waals surface area (Å²) >= 11 is 1.87. The van der Waals surface area contributed by atoms with Crippen LogP contribution in [0.4, 0.5) is 0 Å². The summed E-state index contributed by atoms with van der Waals surface area (Å²) in [5.74, 6) is 8.91. The molecule has 110 valence electrons. The Bertz CT molecular complexity index is 449. The van der Waals surface area contributed by atoms with Crippen molar-refractivity contribution in [1.82, 2.24) is 0 Å². The van der Waals surface area contributed by atoms with Crippen molar-refractivity contribution in [1.29, 1.82) is 0 Å². The van der Waals surface area contributed by atoms with Crippen molar-refractivity contribution < 1.29 is 14.6 Å². The minimum Gasteiger partial charge on any atom is -0.497 e. The quantitative estimate of drug-likeness (QED) is 0.591. The summed E-state index contributed by atoms with van der Waals surface area (Å²) in [6.07, 6.45) is 1.56. The minimum absolute atomic E-state index is 0.101. The highest BCUT2D eigenvalue weighted by atomic mass is 32.2. The molecule has 0 bridgehead atoms. The van der Waals surface area contributed by atoms with E-state index in [1.807, 2.05) is 30.0 Å². The summed E-state index contributed by atoms with van der Waals surface area (Å²) in [5, 5.41) is 8.78. The van der Waals surface area contributed by atoms with E-state index in [2.05, 4.69) is 11.8 Å². The van der Waals surface area contributed by atoms with Crippen LogP contribution in [0.3, 0.4) is 0 Å². The predicted octanol–water partition coefficient (Wildman–Crippen LogP) is 2.70. The van der Waals surface area contributed by atoms with Crippen LogP contribution < -0.4 is 4.74 Å². The van der Waals surface area contributed by atoms with Crippen molar-refractivity contribution in [3.05, 3.63) is 29.3 Å². The molecule has 0 saturated carbocycles. The van der Waals surface area contributed by atoms with E-state index in [0.29, 0.717) is 6.42 Å². The molecule has 0 aliphatic rings. The number of methoxy groups -OCH3 is 2. The molecule has 1 rings (SSSR count). The number of rotatable bonds is 8.